The number of carbonyl (C=O) groups is 1. The van der Waals surface area contributed by atoms with Gasteiger partial charge in [0.15, 0.2) is 5.75 Å². The minimum absolute atomic E-state index is 0.0212. The second-order valence-corrected chi connectivity index (χ2v) is 10.2. The van der Waals surface area contributed by atoms with Crippen molar-refractivity contribution < 1.29 is 14.5 Å². The van der Waals surface area contributed by atoms with Crippen LogP contribution in [0, 0.1) is 30.9 Å². The second kappa shape index (κ2) is 11.7. The molecule has 0 bridgehead atoms. The maximum absolute atomic E-state index is 13.3. The molecule has 40 heavy (non-hydrogen) atoms. The molecule has 9 heteroatoms. The third kappa shape index (κ3) is 5.89. The molecule has 4 aromatic rings. The van der Waals surface area contributed by atoms with E-state index >= 15 is 0 Å². The minimum Gasteiger partial charge on any atom is -0.482 e. The summed E-state index contributed by atoms with van der Waals surface area (Å²) in [6.45, 7) is 9.72. The molecule has 9 nitrogen and oxygen atoms in total. The molecule has 1 fully saturated rings. The van der Waals surface area contributed by atoms with E-state index in [1.54, 1.807) is 31.2 Å². The van der Waals surface area contributed by atoms with Crippen molar-refractivity contribution in [3.05, 3.63) is 117 Å². The number of nitro groups is 1. The first-order valence-electron chi connectivity index (χ1n) is 13.4. The van der Waals surface area contributed by atoms with Gasteiger partial charge in [-0.1, -0.05) is 36.4 Å². The highest BCUT2D eigenvalue weighted by Crippen LogP contribution is 2.28. The van der Waals surface area contributed by atoms with Crippen LogP contribution in [0.25, 0.3) is 5.69 Å². The number of hydrogen-bond acceptors (Lipinski definition) is 6. The Morgan fingerprint density at radius 1 is 0.950 bits per heavy atom. The van der Waals surface area contributed by atoms with E-state index in [9.17, 15) is 14.9 Å². The number of hydrogen-bond donors (Lipinski definition) is 0. The van der Waals surface area contributed by atoms with Crippen molar-refractivity contribution in [2.45, 2.75) is 33.9 Å². The largest absolute Gasteiger partial charge is 0.482 e. The van der Waals surface area contributed by atoms with Gasteiger partial charge >= 0.3 is 5.69 Å². The molecule has 5 rings (SSSR count). The number of rotatable bonds is 8. The zero-order valence-electron chi connectivity index (χ0n) is 23.0. The predicted molar refractivity (Wildman–Crippen MR) is 153 cm³/mol. The third-order valence-corrected chi connectivity index (χ3v) is 7.36. The number of carbonyl (C=O) groups excluding carboxylic acids is 1. The molecule has 0 spiro atoms. The fourth-order valence-electron chi connectivity index (χ4n) is 5.09. The van der Waals surface area contributed by atoms with Crippen LogP contribution in [0.15, 0.2) is 72.8 Å². The molecule has 1 aliphatic heterocycles. The fraction of sp³-hybridized carbons (Fsp3) is 0.290. The molecule has 2 heterocycles. The summed E-state index contributed by atoms with van der Waals surface area (Å²) in [7, 11) is 0. The quantitative estimate of drug-likeness (QED) is 0.225. The van der Waals surface area contributed by atoms with Gasteiger partial charge in [0.25, 0.3) is 5.91 Å². The van der Waals surface area contributed by atoms with Crippen LogP contribution in [0.1, 0.15) is 38.4 Å². The Kier molecular flexibility index (Phi) is 7.93. The van der Waals surface area contributed by atoms with Crippen molar-refractivity contribution in [2.75, 3.05) is 26.2 Å². The molecule has 1 aliphatic rings. The summed E-state index contributed by atoms with van der Waals surface area (Å²) in [5, 5.41) is 16.2. The number of piperazine rings is 1. The highest BCUT2D eigenvalue weighted by atomic mass is 16.6. The van der Waals surface area contributed by atoms with Gasteiger partial charge < -0.3 is 9.64 Å². The first-order chi connectivity index (χ1) is 19.3. The standard InChI is InChI=1S/C31H33N5O4/c1-22-12-13-30(29(18-22)36(38)39)40-21-25-8-7-9-26(19-25)31(37)34-16-14-33(15-17-34)20-28-23(2)32-35(24(28)3)27-10-5-4-6-11-27/h4-13,18-19H,14-17,20-21H2,1-3H3. The lowest BCUT2D eigenvalue weighted by Gasteiger charge is -2.35. The number of nitro benzene ring substituents is 1. The highest BCUT2D eigenvalue weighted by Gasteiger charge is 2.24. The van der Waals surface area contributed by atoms with E-state index in [4.69, 9.17) is 9.84 Å². The van der Waals surface area contributed by atoms with Gasteiger partial charge in [-0.25, -0.2) is 4.68 Å². The van der Waals surface area contributed by atoms with Gasteiger partial charge in [0, 0.05) is 55.6 Å². The van der Waals surface area contributed by atoms with Crippen LogP contribution in [0.4, 0.5) is 5.69 Å². The molecule has 3 aromatic carbocycles. The van der Waals surface area contributed by atoms with Crippen LogP contribution in [0.3, 0.4) is 0 Å². The monoisotopic (exact) mass is 539 g/mol. The Labute approximate surface area is 233 Å². The smallest absolute Gasteiger partial charge is 0.311 e. The van der Waals surface area contributed by atoms with Crippen molar-refractivity contribution in [1.29, 1.82) is 0 Å². The van der Waals surface area contributed by atoms with E-state index in [0.717, 1.165) is 47.8 Å². The third-order valence-electron chi connectivity index (χ3n) is 7.36. The summed E-state index contributed by atoms with van der Waals surface area (Å²) >= 11 is 0. The average molecular weight is 540 g/mol. The van der Waals surface area contributed by atoms with Gasteiger partial charge in [0.05, 0.1) is 16.3 Å². The van der Waals surface area contributed by atoms with Crippen LogP contribution in [-0.4, -0.2) is 56.6 Å². The SMILES string of the molecule is Cc1ccc(OCc2cccc(C(=O)N3CCN(Cc4c(C)nn(-c5ccccc5)c4C)CC3)c2)c([N+](=O)[O-])c1. The van der Waals surface area contributed by atoms with Crippen LogP contribution >= 0.6 is 0 Å². The zero-order chi connectivity index (χ0) is 28.2. The van der Waals surface area contributed by atoms with Gasteiger partial charge in [-0.2, -0.15) is 5.10 Å². The van der Waals surface area contributed by atoms with Crippen LogP contribution in [0.2, 0.25) is 0 Å². The van der Waals surface area contributed by atoms with Crippen molar-refractivity contribution in [1.82, 2.24) is 19.6 Å². The Hall–Kier alpha value is -4.50. The van der Waals surface area contributed by atoms with Crippen LogP contribution in [-0.2, 0) is 13.2 Å². The molecule has 1 aromatic heterocycles. The molecular weight excluding hydrogens is 506 g/mol. The van der Waals surface area contributed by atoms with E-state index in [0.29, 0.717) is 18.7 Å². The lowest BCUT2D eigenvalue weighted by molar-refractivity contribution is -0.386. The van der Waals surface area contributed by atoms with Crippen LogP contribution in [0.5, 0.6) is 5.75 Å². The summed E-state index contributed by atoms with van der Waals surface area (Å²) in [4.78, 5) is 28.5. The van der Waals surface area contributed by atoms with Gasteiger partial charge in [-0.05, 0) is 62.2 Å². The average Bonchev–Trinajstić information content (AvgIpc) is 3.25. The predicted octanol–water partition coefficient (Wildman–Crippen LogP) is 5.24. The van der Waals surface area contributed by atoms with E-state index in [1.165, 1.54) is 11.6 Å². The molecule has 0 radical (unpaired) electrons. The summed E-state index contributed by atoms with van der Waals surface area (Å²) < 4.78 is 7.76. The molecular formula is C31H33N5O4. The van der Waals surface area contributed by atoms with Gasteiger partial charge in [-0.3, -0.25) is 19.8 Å². The molecule has 1 amide bonds. The second-order valence-electron chi connectivity index (χ2n) is 10.2. The first kappa shape index (κ1) is 27.1. The fourth-order valence-corrected chi connectivity index (χ4v) is 5.09. The minimum atomic E-state index is -0.445. The topological polar surface area (TPSA) is 93.7 Å². The number of amides is 1. The summed E-state index contributed by atoms with van der Waals surface area (Å²) in [6, 6.07) is 22.3. The molecule has 1 saturated heterocycles. The van der Waals surface area contributed by atoms with E-state index in [1.807, 2.05) is 39.9 Å². The lowest BCUT2D eigenvalue weighted by atomic mass is 10.1. The normalized spacial score (nSPS) is 13.8. The van der Waals surface area contributed by atoms with Gasteiger partial charge in [0.1, 0.15) is 6.61 Å². The maximum Gasteiger partial charge on any atom is 0.311 e. The Morgan fingerprint density at radius 3 is 2.42 bits per heavy atom. The van der Waals surface area contributed by atoms with Crippen LogP contribution < -0.4 is 4.74 Å². The van der Waals surface area contributed by atoms with Crippen molar-refractivity contribution in [2.24, 2.45) is 0 Å². The van der Waals surface area contributed by atoms with E-state index in [-0.39, 0.29) is 24.0 Å². The number of aryl methyl sites for hydroxylation is 2. The highest BCUT2D eigenvalue weighted by molar-refractivity contribution is 5.94. The van der Waals surface area contributed by atoms with E-state index in [2.05, 4.69) is 30.9 Å². The molecule has 0 unspecified atom stereocenters. The van der Waals surface area contributed by atoms with E-state index < -0.39 is 4.92 Å². The molecule has 0 saturated carbocycles. The summed E-state index contributed by atoms with van der Waals surface area (Å²) in [5.41, 5.74) is 6.53. The number of nitrogens with zero attached hydrogens (tertiary/aromatic N) is 5. The van der Waals surface area contributed by atoms with Crippen molar-refractivity contribution in [3.63, 3.8) is 0 Å². The Balaban J connectivity index is 1.19. The Bertz CT molecular complexity index is 1520. The van der Waals surface area contributed by atoms with Gasteiger partial charge in [0.2, 0.25) is 0 Å². The summed E-state index contributed by atoms with van der Waals surface area (Å²) in [5.74, 6) is 0.190. The number of benzene rings is 3. The molecule has 0 N–H and O–H groups in total. The molecule has 0 aliphatic carbocycles. The van der Waals surface area contributed by atoms with Crippen molar-refractivity contribution >= 4 is 11.6 Å². The first-order valence-corrected chi connectivity index (χ1v) is 13.4. The zero-order valence-corrected chi connectivity index (χ0v) is 23.0. The molecule has 0 atom stereocenters. The maximum atomic E-state index is 13.3. The number of para-hydroxylation sites is 1. The lowest BCUT2D eigenvalue weighted by Crippen LogP contribution is -2.48. The number of aromatic nitrogens is 2. The van der Waals surface area contributed by atoms with Crippen molar-refractivity contribution in [3.8, 4) is 11.4 Å². The Morgan fingerprint density at radius 2 is 1.70 bits per heavy atom. The molecule has 206 valence electrons. The van der Waals surface area contributed by atoms with Gasteiger partial charge in [-0.15, -0.1) is 0 Å². The number of ether oxygens (including phenoxy) is 1. The summed E-state index contributed by atoms with van der Waals surface area (Å²) in [6.07, 6.45) is 0.